The van der Waals surface area contributed by atoms with Crippen LogP contribution in [0.1, 0.15) is 25.3 Å². The van der Waals surface area contributed by atoms with Crippen LogP contribution in [0.4, 0.5) is 0 Å². The van der Waals surface area contributed by atoms with Gasteiger partial charge in [0.2, 0.25) is 11.7 Å². The predicted octanol–water partition coefficient (Wildman–Crippen LogP) is 3.26. The van der Waals surface area contributed by atoms with Crippen LogP contribution in [0.3, 0.4) is 0 Å². The SMILES string of the molecule is CNC(C)(C)c1nc(-c2ccc(C)c(Br)c2)no1. The van der Waals surface area contributed by atoms with Crippen molar-refractivity contribution in [1.29, 1.82) is 0 Å². The van der Waals surface area contributed by atoms with Gasteiger partial charge >= 0.3 is 0 Å². The van der Waals surface area contributed by atoms with Crippen molar-refractivity contribution in [3.8, 4) is 11.4 Å². The van der Waals surface area contributed by atoms with Crippen molar-refractivity contribution in [2.75, 3.05) is 7.05 Å². The maximum absolute atomic E-state index is 5.31. The highest BCUT2D eigenvalue weighted by molar-refractivity contribution is 9.10. The first-order chi connectivity index (χ1) is 8.44. The molecular weight excluding hydrogens is 294 g/mol. The zero-order valence-electron chi connectivity index (χ0n) is 10.9. The molecule has 0 fully saturated rings. The molecule has 0 unspecified atom stereocenters. The van der Waals surface area contributed by atoms with Crippen LogP contribution in [-0.2, 0) is 5.54 Å². The van der Waals surface area contributed by atoms with E-state index in [2.05, 4.69) is 31.4 Å². The van der Waals surface area contributed by atoms with E-state index in [0.717, 1.165) is 10.0 Å². The Kier molecular flexibility index (Phi) is 3.54. The number of aromatic nitrogens is 2. The Morgan fingerprint density at radius 3 is 2.67 bits per heavy atom. The molecule has 0 aliphatic heterocycles. The Morgan fingerprint density at radius 2 is 2.06 bits per heavy atom. The van der Waals surface area contributed by atoms with Gasteiger partial charge in [-0.2, -0.15) is 4.98 Å². The third-order valence-electron chi connectivity index (χ3n) is 3.02. The van der Waals surface area contributed by atoms with Crippen molar-refractivity contribution in [3.05, 3.63) is 34.1 Å². The lowest BCUT2D eigenvalue weighted by Gasteiger charge is -2.17. The summed E-state index contributed by atoms with van der Waals surface area (Å²) < 4.78 is 6.35. The number of nitrogens with zero attached hydrogens (tertiary/aromatic N) is 2. The van der Waals surface area contributed by atoms with Gasteiger partial charge in [-0.05, 0) is 39.4 Å². The molecule has 0 spiro atoms. The molecule has 0 aliphatic carbocycles. The Hall–Kier alpha value is -1.20. The van der Waals surface area contributed by atoms with Crippen LogP contribution in [-0.4, -0.2) is 17.2 Å². The standard InChI is InChI=1S/C13H16BrN3O/c1-8-5-6-9(7-10(8)14)11-16-12(18-17-11)13(2,3)15-4/h5-7,15H,1-4H3. The average molecular weight is 310 g/mol. The summed E-state index contributed by atoms with van der Waals surface area (Å²) in [5.41, 5.74) is 1.79. The minimum absolute atomic E-state index is 0.326. The van der Waals surface area contributed by atoms with Gasteiger partial charge in [0.1, 0.15) is 0 Å². The Morgan fingerprint density at radius 1 is 1.33 bits per heavy atom. The molecule has 96 valence electrons. The summed E-state index contributed by atoms with van der Waals surface area (Å²) in [6.45, 7) is 6.03. The van der Waals surface area contributed by atoms with Gasteiger partial charge in [-0.1, -0.05) is 33.2 Å². The number of halogens is 1. The summed E-state index contributed by atoms with van der Waals surface area (Å²) in [4.78, 5) is 4.43. The summed E-state index contributed by atoms with van der Waals surface area (Å²) in [5, 5.41) is 7.16. The lowest BCUT2D eigenvalue weighted by Crippen LogP contribution is -2.33. The van der Waals surface area contributed by atoms with Crippen molar-refractivity contribution in [2.45, 2.75) is 26.3 Å². The summed E-state index contributed by atoms with van der Waals surface area (Å²) >= 11 is 3.50. The van der Waals surface area contributed by atoms with Crippen LogP contribution >= 0.6 is 15.9 Å². The van der Waals surface area contributed by atoms with Gasteiger partial charge in [0.25, 0.3) is 0 Å². The lowest BCUT2D eigenvalue weighted by molar-refractivity contribution is 0.281. The zero-order valence-corrected chi connectivity index (χ0v) is 12.5. The maximum atomic E-state index is 5.31. The second-order valence-electron chi connectivity index (χ2n) is 4.76. The summed E-state index contributed by atoms with van der Waals surface area (Å²) in [5.74, 6) is 1.19. The van der Waals surface area contributed by atoms with E-state index in [0.29, 0.717) is 11.7 Å². The summed E-state index contributed by atoms with van der Waals surface area (Å²) in [6, 6.07) is 6.01. The van der Waals surface area contributed by atoms with E-state index in [-0.39, 0.29) is 5.54 Å². The second kappa shape index (κ2) is 4.82. The number of benzene rings is 1. The van der Waals surface area contributed by atoms with Crippen LogP contribution < -0.4 is 5.32 Å². The van der Waals surface area contributed by atoms with Crippen LogP contribution in [0.15, 0.2) is 27.2 Å². The lowest BCUT2D eigenvalue weighted by atomic mass is 10.1. The maximum Gasteiger partial charge on any atom is 0.246 e. The van der Waals surface area contributed by atoms with Gasteiger partial charge in [-0.25, -0.2) is 0 Å². The summed E-state index contributed by atoms with van der Waals surface area (Å²) in [6.07, 6.45) is 0. The largest absolute Gasteiger partial charge is 0.337 e. The second-order valence-corrected chi connectivity index (χ2v) is 5.62. The normalized spacial score (nSPS) is 11.8. The smallest absolute Gasteiger partial charge is 0.246 e. The Labute approximate surface area is 115 Å². The van der Waals surface area contributed by atoms with Gasteiger partial charge in [-0.15, -0.1) is 0 Å². The number of hydrogen-bond acceptors (Lipinski definition) is 4. The first-order valence-electron chi connectivity index (χ1n) is 5.73. The third-order valence-corrected chi connectivity index (χ3v) is 3.87. The first-order valence-corrected chi connectivity index (χ1v) is 6.53. The molecule has 5 heteroatoms. The number of rotatable bonds is 3. The highest BCUT2D eigenvalue weighted by Crippen LogP contribution is 2.25. The topological polar surface area (TPSA) is 51.0 Å². The molecule has 0 bridgehead atoms. The van der Waals surface area contributed by atoms with Gasteiger partial charge in [0.15, 0.2) is 0 Å². The van der Waals surface area contributed by atoms with E-state index >= 15 is 0 Å². The highest BCUT2D eigenvalue weighted by atomic mass is 79.9. The van der Waals surface area contributed by atoms with Crippen LogP contribution in [0, 0.1) is 6.92 Å². The molecule has 0 saturated heterocycles. The fraction of sp³-hybridized carbons (Fsp3) is 0.385. The molecule has 0 aliphatic rings. The molecule has 1 aromatic carbocycles. The van der Waals surface area contributed by atoms with Crippen LogP contribution in [0.25, 0.3) is 11.4 Å². The fourth-order valence-electron chi connectivity index (χ4n) is 1.43. The molecule has 2 rings (SSSR count). The quantitative estimate of drug-likeness (QED) is 0.945. The monoisotopic (exact) mass is 309 g/mol. The first kappa shape index (κ1) is 13.2. The highest BCUT2D eigenvalue weighted by Gasteiger charge is 2.25. The molecule has 1 N–H and O–H groups in total. The van der Waals surface area contributed by atoms with Crippen molar-refractivity contribution in [2.24, 2.45) is 0 Å². The average Bonchev–Trinajstić information content (AvgIpc) is 2.83. The number of nitrogens with one attached hydrogen (secondary N) is 1. The molecule has 0 atom stereocenters. The van der Waals surface area contributed by atoms with Crippen LogP contribution in [0.2, 0.25) is 0 Å². The number of hydrogen-bond donors (Lipinski definition) is 1. The minimum atomic E-state index is -0.326. The molecule has 1 heterocycles. The van der Waals surface area contributed by atoms with Gasteiger partial charge in [0, 0.05) is 10.0 Å². The van der Waals surface area contributed by atoms with Crippen molar-refractivity contribution in [1.82, 2.24) is 15.5 Å². The molecule has 0 amide bonds. The van der Waals surface area contributed by atoms with E-state index in [1.807, 2.05) is 46.0 Å². The Bertz CT molecular complexity index is 563. The van der Waals surface area contributed by atoms with E-state index < -0.39 is 0 Å². The molecule has 2 aromatic rings. The van der Waals surface area contributed by atoms with Crippen LogP contribution in [0.5, 0.6) is 0 Å². The van der Waals surface area contributed by atoms with Crippen molar-refractivity contribution in [3.63, 3.8) is 0 Å². The van der Waals surface area contributed by atoms with Gasteiger partial charge in [-0.3, -0.25) is 0 Å². The molecule has 0 saturated carbocycles. The molecule has 1 aromatic heterocycles. The predicted molar refractivity (Wildman–Crippen MR) is 74.3 cm³/mol. The van der Waals surface area contributed by atoms with E-state index in [1.165, 1.54) is 5.56 Å². The van der Waals surface area contributed by atoms with E-state index in [1.54, 1.807) is 0 Å². The molecule has 0 radical (unpaired) electrons. The summed E-state index contributed by atoms with van der Waals surface area (Å²) in [7, 11) is 1.87. The van der Waals surface area contributed by atoms with E-state index in [4.69, 9.17) is 4.52 Å². The van der Waals surface area contributed by atoms with Crippen molar-refractivity contribution >= 4 is 15.9 Å². The Balaban J connectivity index is 2.38. The van der Waals surface area contributed by atoms with Gasteiger partial charge < -0.3 is 9.84 Å². The molecular formula is C13H16BrN3O. The van der Waals surface area contributed by atoms with Gasteiger partial charge in [0.05, 0.1) is 5.54 Å². The zero-order chi connectivity index (χ0) is 13.3. The third kappa shape index (κ3) is 2.47. The molecule has 18 heavy (non-hydrogen) atoms. The van der Waals surface area contributed by atoms with Crippen molar-refractivity contribution < 1.29 is 4.52 Å². The number of aryl methyl sites for hydroxylation is 1. The fourth-order valence-corrected chi connectivity index (χ4v) is 1.81. The molecule has 4 nitrogen and oxygen atoms in total. The minimum Gasteiger partial charge on any atom is -0.337 e. The van der Waals surface area contributed by atoms with E-state index in [9.17, 15) is 0 Å².